The first-order chi connectivity index (χ1) is 14.8. The van der Waals surface area contributed by atoms with Gasteiger partial charge in [-0.3, -0.25) is 29.4 Å². The van der Waals surface area contributed by atoms with Gasteiger partial charge in [0.05, 0.1) is 34.9 Å². The Balaban J connectivity index is 1.46. The number of hydrogen-bond donors (Lipinski definition) is 1. The van der Waals surface area contributed by atoms with Crippen LogP contribution in [0.1, 0.15) is 46.4 Å². The van der Waals surface area contributed by atoms with Crippen LogP contribution in [0.5, 0.6) is 5.75 Å². The van der Waals surface area contributed by atoms with E-state index in [0.29, 0.717) is 36.9 Å². The number of imide groups is 1. The fourth-order valence-electron chi connectivity index (χ4n) is 3.34. The fraction of sp³-hybridized carbons (Fsp3) is 0.286. The third-order valence-corrected chi connectivity index (χ3v) is 5.21. The Morgan fingerprint density at radius 3 is 2.35 bits per heavy atom. The molecule has 1 aliphatic heterocycles. The van der Waals surface area contributed by atoms with Crippen LogP contribution in [0.25, 0.3) is 0 Å². The maximum atomic E-state index is 12.3. The number of benzene rings is 2. The van der Waals surface area contributed by atoms with Gasteiger partial charge in [-0.05, 0) is 31.0 Å². The Labute approximate surface area is 183 Å². The van der Waals surface area contributed by atoms with Crippen LogP contribution in [0, 0.1) is 10.1 Å². The Kier molecular flexibility index (Phi) is 6.86. The van der Waals surface area contributed by atoms with E-state index in [1.54, 1.807) is 24.3 Å². The van der Waals surface area contributed by atoms with Gasteiger partial charge in [-0.25, -0.2) is 0 Å². The number of unbranched alkanes of at least 4 members (excludes halogenated alkanes) is 2. The third-order valence-electron chi connectivity index (χ3n) is 4.90. The molecule has 31 heavy (non-hydrogen) atoms. The molecule has 0 saturated carbocycles. The molecule has 0 saturated heterocycles. The van der Waals surface area contributed by atoms with Crippen molar-refractivity contribution in [3.8, 4) is 5.75 Å². The molecule has 0 bridgehead atoms. The molecule has 3 amide bonds. The number of nitro groups is 1. The van der Waals surface area contributed by atoms with Crippen molar-refractivity contribution >= 4 is 40.7 Å². The topological polar surface area (TPSA) is 119 Å². The first-order valence-electron chi connectivity index (χ1n) is 9.60. The Morgan fingerprint density at radius 1 is 1.13 bits per heavy atom. The van der Waals surface area contributed by atoms with Gasteiger partial charge in [0.2, 0.25) is 5.91 Å². The van der Waals surface area contributed by atoms with Gasteiger partial charge >= 0.3 is 0 Å². The molecule has 2 aromatic rings. The second-order valence-electron chi connectivity index (χ2n) is 6.93. The summed E-state index contributed by atoms with van der Waals surface area (Å²) in [5.41, 5.74) is 0.768. The van der Waals surface area contributed by atoms with Crippen LogP contribution in [-0.4, -0.2) is 41.2 Å². The number of fused-ring (bicyclic) bond motifs is 1. The molecule has 0 radical (unpaired) electrons. The van der Waals surface area contributed by atoms with Crippen molar-refractivity contribution in [1.82, 2.24) is 4.90 Å². The monoisotopic (exact) mass is 445 g/mol. The molecule has 0 aliphatic carbocycles. The molecule has 2 aromatic carbocycles. The highest BCUT2D eigenvalue weighted by atomic mass is 35.5. The lowest BCUT2D eigenvalue weighted by atomic mass is 10.1. The number of carbonyl (C=O) groups excluding carboxylic acids is 3. The number of ether oxygens (including phenoxy) is 1. The van der Waals surface area contributed by atoms with Gasteiger partial charge < -0.3 is 10.1 Å². The maximum absolute atomic E-state index is 12.3. The molecule has 0 aromatic heterocycles. The molecule has 0 spiro atoms. The molecule has 0 fully saturated rings. The average molecular weight is 446 g/mol. The van der Waals surface area contributed by atoms with Crippen molar-refractivity contribution in [3.63, 3.8) is 0 Å². The number of halogens is 1. The minimum atomic E-state index is -0.634. The fourth-order valence-corrected chi connectivity index (χ4v) is 3.57. The Morgan fingerprint density at radius 2 is 1.77 bits per heavy atom. The summed E-state index contributed by atoms with van der Waals surface area (Å²) in [5.74, 6) is -0.750. The van der Waals surface area contributed by atoms with E-state index < -0.39 is 4.92 Å². The molecule has 0 unspecified atom stereocenters. The van der Waals surface area contributed by atoms with Crippen LogP contribution in [0.2, 0.25) is 5.02 Å². The van der Waals surface area contributed by atoms with E-state index >= 15 is 0 Å². The number of methoxy groups -OCH3 is 1. The summed E-state index contributed by atoms with van der Waals surface area (Å²) < 4.78 is 5.09. The zero-order chi connectivity index (χ0) is 22.5. The highest BCUT2D eigenvalue weighted by Gasteiger charge is 2.34. The summed E-state index contributed by atoms with van der Waals surface area (Å²) in [6.45, 7) is 0.291. The molecule has 9 nitrogen and oxygen atoms in total. The average Bonchev–Trinajstić information content (AvgIpc) is 2.98. The number of carbonyl (C=O) groups is 3. The largest absolute Gasteiger partial charge is 0.494 e. The van der Waals surface area contributed by atoms with Crippen molar-refractivity contribution in [2.45, 2.75) is 25.7 Å². The Bertz CT molecular complexity index is 1020. The number of nitro benzene ring substituents is 1. The molecule has 3 rings (SSSR count). The van der Waals surface area contributed by atoms with E-state index in [1.165, 1.54) is 18.1 Å². The lowest BCUT2D eigenvalue weighted by Gasteiger charge is -2.13. The van der Waals surface area contributed by atoms with E-state index in [1.807, 2.05) is 0 Å². The molecular weight excluding hydrogens is 426 g/mol. The van der Waals surface area contributed by atoms with Crippen molar-refractivity contribution < 1.29 is 24.0 Å². The van der Waals surface area contributed by atoms with Crippen molar-refractivity contribution in [3.05, 3.63) is 62.7 Å². The molecule has 10 heteroatoms. The van der Waals surface area contributed by atoms with Crippen LogP contribution in [0.15, 0.2) is 36.4 Å². The van der Waals surface area contributed by atoms with Crippen LogP contribution < -0.4 is 10.1 Å². The number of nitrogens with one attached hydrogen (secondary N) is 1. The Hall–Kier alpha value is -3.46. The summed E-state index contributed by atoms with van der Waals surface area (Å²) in [5, 5.41) is 13.5. The predicted octanol–water partition coefficient (Wildman–Crippen LogP) is 4.05. The molecule has 1 N–H and O–H groups in total. The number of nitrogens with zero attached hydrogens (tertiary/aromatic N) is 2. The lowest BCUT2D eigenvalue weighted by molar-refractivity contribution is -0.384. The minimum absolute atomic E-state index is 0.109. The van der Waals surface area contributed by atoms with Crippen LogP contribution in [-0.2, 0) is 4.79 Å². The van der Waals surface area contributed by atoms with E-state index in [4.69, 9.17) is 16.3 Å². The number of hydrogen-bond acceptors (Lipinski definition) is 6. The summed E-state index contributed by atoms with van der Waals surface area (Å²) in [4.78, 5) is 48.4. The molecular formula is C21H20ClN3O6. The molecule has 162 valence electrons. The lowest BCUT2D eigenvalue weighted by Crippen LogP contribution is -2.30. The maximum Gasteiger partial charge on any atom is 0.291 e. The normalized spacial score (nSPS) is 12.6. The van der Waals surface area contributed by atoms with Gasteiger partial charge in [-0.2, -0.15) is 0 Å². The molecule has 1 heterocycles. The highest BCUT2D eigenvalue weighted by Crippen LogP contribution is 2.35. The second-order valence-corrected chi connectivity index (χ2v) is 7.33. The molecule has 1 aliphatic rings. The van der Waals surface area contributed by atoms with E-state index in [2.05, 4.69) is 5.32 Å². The minimum Gasteiger partial charge on any atom is -0.494 e. The number of rotatable bonds is 9. The summed E-state index contributed by atoms with van der Waals surface area (Å²) in [6.07, 6.45) is 1.95. The first-order valence-corrected chi connectivity index (χ1v) is 9.98. The third kappa shape index (κ3) is 4.83. The van der Waals surface area contributed by atoms with E-state index in [0.717, 1.165) is 6.07 Å². The van der Waals surface area contributed by atoms with Gasteiger partial charge in [0.15, 0.2) is 0 Å². The van der Waals surface area contributed by atoms with Gasteiger partial charge in [0.1, 0.15) is 10.8 Å². The SMILES string of the molecule is COc1cc([N+](=O)[O-])c(Cl)cc1NC(=O)CCCCCN1C(=O)c2ccccc2C1=O. The zero-order valence-corrected chi connectivity index (χ0v) is 17.5. The summed E-state index contributed by atoms with van der Waals surface area (Å²) >= 11 is 5.89. The smallest absolute Gasteiger partial charge is 0.291 e. The molecule has 0 atom stereocenters. The highest BCUT2D eigenvalue weighted by molar-refractivity contribution is 6.33. The van der Waals surface area contributed by atoms with Gasteiger partial charge in [0.25, 0.3) is 17.5 Å². The van der Waals surface area contributed by atoms with Crippen molar-refractivity contribution in [2.24, 2.45) is 0 Å². The number of amides is 3. The van der Waals surface area contributed by atoms with Gasteiger partial charge in [0, 0.05) is 13.0 Å². The number of anilines is 1. The first kappa shape index (κ1) is 22.2. The van der Waals surface area contributed by atoms with E-state index in [9.17, 15) is 24.5 Å². The quantitative estimate of drug-likeness (QED) is 0.269. The van der Waals surface area contributed by atoms with Crippen LogP contribution >= 0.6 is 11.6 Å². The van der Waals surface area contributed by atoms with Gasteiger partial charge in [-0.15, -0.1) is 0 Å². The summed E-state index contributed by atoms with van der Waals surface area (Å²) in [7, 11) is 1.34. The van der Waals surface area contributed by atoms with Crippen molar-refractivity contribution in [1.29, 1.82) is 0 Å². The van der Waals surface area contributed by atoms with E-state index in [-0.39, 0.29) is 46.3 Å². The van der Waals surface area contributed by atoms with Crippen LogP contribution in [0.4, 0.5) is 11.4 Å². The predicted molar refractivity (Wildman–Crippen MR) is 114 cm³/mol. The zero-order valence-electron chi connectivity index (χ0n) is 16.7. The second kappa shape index (κ2) is 9.57. The summed E-state index contributed by atoms with van der Waals surface area (Å²) in [6, 6.07) is 9.15. The van der Waals surface area contributed by atoms with Gasteiger partial charge in [-0.1, -0.05) is 30.2 Å². The standard InChI is InChI=1S/C21H20ClN3O6/c1-31-18-12-17(25(29)30)15(22)11-16(18)23-19(26)9-3-2-6-10-24-20(27)13-7-4-5-8-14(13)21(24)28/h4-5,7-8,11-12H,2-3,6,9-10H2,1H3,(H,23,26). The van der Waals surface area contributed by atoms with Crippen LogP contribution in [0.3, 0.4) is 0 Å². The van der Waals surface area contributed by atoms with Crippen molar-refractivity contribution in [2.75, 3.05) is 19.0 Å².